The van der Waals surface area contributed by atoms with Gasteiger partial charge in [-0.15, -0.1) is 22.7 Å². The van der Waals surface area contributed by atoms with Crippen LogP contribution in [-0.4, -0.2) is 18.5 Å². The predicted octanol–water partition coefficient (Wildman–Crippen LogP) is 8.52. The van der Waals surface area contributed by atoms with Crippen molar-refractivity contribution in [2.45, 2.75) is 33.6 Å². The number of amides is 1. The summed E-state index contributed by atoms with van der Waals surface area (Å²) >= 11 is 2.83. The highest BCUT2D eigenvalue weighted by Gasteiger charge is 2.25. The molecule has 1 amide bonds. The number of carbonyl (C=O) groups is 2. The highest BCUT2D eigenvalue weighted by Crippen LogP contribution is 2.38. The minimum atomic E-state index is -0.435. The van der Waals surface area contributed by atoms with Crippen LogP contribution >= 0.6 is 22.7 Å². The van der Waals surface area contributed by atoms with Gasteiger partial charge in [0.2, 0.25) is 0 Å². The zero-order valence-electron chi connectivity index (χ0n) is 21.7. The van der Waals surface area contributed by atoms with E-state index in [9.17, 15) is 9.59 Å². The Labute approximate surface area is 230 Å². The summed E-state index contributed by atoms with van der Waals surface area (Å²) in [7, 11) is 0. The van der Waals surface area contributed by atoms with Crippen LogP contribution in [0, 0.1) is 6.92 Å². The van der Waals surface area contributed by atoms with Gasteiger partial charge < -0.3 is 10.1 Å². The van der Waals surface area contributed by atoms with Crippen LogP contribution in [0.4, 0.5) is 5.00 Å². The molecule has 5 aromatic rings. The lowest BCUT2D eigenvalue weighted by Gasteiger charge is -2.10. The quantitative estimate of drug-likeness (QED) is 0.201. The van der Waals surface area contributed by atoms with E-state index in [-0.39, 0.29) is 12.5 Å². The van der Waals surface area contributed by atoms with Gasteiger partial charge in [-0.05, 0) is 60.4 Å². The van der Waals surface area contributed by atoms with Gasteiger partial charge in [-0.2, -0.15) is 0 Å². The second-order valence-corrected chi connectivity index (χ2v) is 11.1. The molecule has 3 aromatic carbocycles. The lowest BCUT2D eigenvalue weighted by Crippen LogP contribution is -2.15. The number of carbonyl (C=O) groups excluding carboxylic acids is 2. The van der Waals surface area contributed by atoms with Gasteiger partial charge in [0.1, 0.15) is 10.6 Å². The van der Waals surface area contributed by atoms with Gasteiger partial charge in [0.15, 0.2) is 0 Å². The third-order valence-corrected chi connectivity index (χ3v) is 8.68. The van der Waals surface area contributed by atoms with Crippen LogP contribution in [0.1, 0.15) is 56.1 Å². The number of nitrogens with one attached hydrogen (secondary N) is 1. The van der Waals surface area contributed by atoms with E-state index < -0.39 is 5.97 Å². The Bertz CT molecular complexity index is 1590. The minimum Gasteiger partial charge on any atom is -0.462 e. The largest absolute Gasteiger partial charge is 0.462 e. The van der Waals surface area contributed by atoms with Crippen molar-refractivity contribution in [2.75, 3.05) is 11.9 Å². The topological polar surface area (TPSA) is 55.4 Å². The molecule has 0 fully saturated rings. The molecule has 1 N–H and O–H groups in total. The van der Waals surface area contributed by atoms with Crippen molar-refractivity contribution in [1.29, 1.82) is 0 Å². The second kappa shape index (κ2) is 11.3. The van der Waals surface area contributed by atoms with Crippen LogP contribution in [0.15, 0.2) is 78.2 Å². The molecule has 0 aliphatic carbocycles. The Morgan fingerprint density at radius 1 is 0.895 bits per heavy atom. The fraction of sp³-hybridized carbons (Fsp3) is 0.188. The summed E-state index contributed by atoms with van der Waals surface area (Å²) in [4.78, 5) is 27.5. The van der Waals surface area contributed by atoms with Gasteiger partial charge in [0, 0.05) is 15.6 Å². The molecular formula is C32H29NO3S2. The maximum absolute atomic E-state index is 13.8. The molecule has 0 saturated heterocycles. The molecule has 2 aromatic heterocycles. The number of aryl methyl sites for hydroxylation is 2. The molecule has 2 heterocycles. The molecule has 0 aliphatic rings. The van der Waals surface area contributed by atoms with Crippen molar-refractivity contribution in [3.63, 3.8) is 0 Å². The van der Waals surface area contributed by atoms with E-state index in [4.69, 9.17) is 4.74 Å². The van der Waals surface area contributed by atoms with Crippen LogP contribution in [0.3, 0.4) is 0 Å². The molecule has 5 rings (SSSR count). The van der Waals surface area contributed by atoms with E-state index in [2.05, 4.69) is 61.6 Å². The van der Waals surface area contributed by atoms with Crippen molar-refractivity contribution >= 4 is 49.6 Å². The van der Waals surface area contributed by atoms with Crippen molar-refractivity contribution in [3.8, 4) is 11.1 Å². The second-order valence-electron chi connectivity index (χ2n) is 9.15. The number of ether oxygens (including phenoxy) is 1. The average molecular weight is 540 g/mol. The molecule has 0 atom stereocenters. The number of benzene rings is 3. The minimum absolute atomic E-state index is 0.214. The number of hydrogen-bond acceptors (Lipinski definition) is 5. The summed E-state index contributed by atoms with van der Waals surface area (Å²) in [6.07, 6.45) is 1.59. The first-order valence-corrected chi connectivity index (χ1v) is 14.4. The van der Waals surface area contributed by atoms with Crippen molar-refractivity contribution < 1.29 is 14.3 Å². The first kappa shape index (κ1) is 25.9. The summed E-state index contributed by atoms with van der Waals surface area (Å²) in [5, 5.41) is 6.56. The maximum Gasteiger partial charge on any atom is 0.341 e. The van der Waals surface area contributed by atoms with Crippen molar-refractivity contribution in [3.05, 3.63) is 111 Å². The number of esters is 1. The lowest BCUT2D eigenvalue weighted by atomic mass is 10.0. The summed E-state index contributed by atoms with van der Waals surface area (Å²) in [6.45, 7) is 6.22. The van der Waals surface area contributed by atoms with Gasteiger partial charge in [0.25, 0.3) is 5.91 Å². The van der Waals surface area contributed by atoms with Crippen LogP contribution in [0.25, 0.3) is 21.2 Å². The summed E-state index contributed by atoms with van der Waals surface area (Å²) < 4.78 is 6.46. The van der Waals surface area contributed by atoms with Crippen LogP contribution < -0.4 is 5.32 Å². The molecule has 0 saturated carbocycles. The first-order chi connectivity index (χ1) is 18.5. The highest BCUT2D eigenvalue weighted by molar-refractivity contribution is 7.21. The zero-order chi connectivity index (χ0) is 26.6. The number of fused-ring (bicyclic) bond motifs is 1. The summed E-state index contributed by atoms with van der Waals surface area (Å²) in [5.41, 5.74) is 6.65. The van der Waals surface area contributed by atoms with E-state index in [1.807, 2.05) is 35.7 Å². The molecule has 0 aliphatic heterocycles. The number of anilines is 1. The Balaban J connectivity index is 1.52. The normalized spacial score (nSPS) is 11.0. The smallest absolute Gasteiger partial charge is 0.341 e. The molecule has 6 heteroatoms. The zero-order valence-corrected chi connectivity index (χ0v) is 23.3. The average Bonchev–Trinajstić information content (AvgIpc) is 3.52. The molecule has 38 heavy (non-hydrogen) atoms. The Kier molecular flexibility index (Phi) is 7.72. The first-order valence-electron chi connectivity index (χ1n) is 12.7. The van der Waals surface area contributed by atoms with E-state index in [1.165, 1.54) is 33.8 Å². The van der Waals surface area contributed by atoms with Crippen LogP contribution in [0.5, 0.6) is 0 Å². The predicted molar refractivity (Wildman–Crippen MR) is 159 cm³/mol. The lowest BCUT2D eigenvalue weighted by molar-refractivity contribution is 0.0529. The molecule has 4 nitrogen and oxygen atoms in total. The van der Waals surface area contributed by atoms with Crippen LogP contribution in [0.2, 0.25) is 0 Å². The SMILES string of the molecule is CCOC(=O)c1c(-c2ccc(CC)cc2)csc1NC(=O)c1sc2ccccc2c1Cc1ccc(C)cc1. The van der Waals surface area contributed by atoms with Gasteiger partial charge in [-0.25, -0.2) is 4.79 Å². The fourth-order valence-corrected chi connectivity index (χ4v) is 6.59. The summed E-state index contributed by atoms with van der Waals surface area (Å²) in [6, 6.07) is 24.7. The van der Waals surface area contributed by atoms with Gasteiger partial charge in [-0.1, -0.05) is 79.2 Å². The van der Waals surface area contributed by atoms with Gasteiger partial charge in [0.05, 0.1) is 11.5 Å². The standard InChI is InChI=1S/C32H29NO3S2/c1-4-21-14-16-23(17-15-21)26-19-37-31(28(26)32(35)36-5-2)33-30(34)29-25(18-22-12-10-20(3)11-13-22)24-8-6-7-9-27(24)38-29/h6-17,19H,4-5,18H2,1-3H3,(H,33,34). The van der Waals surface area contributed by atoms with Crippen molar-refractivity contribution in [1.82, 2.24) is 0 Å². The van der Waals surface area contributed by atoms with E-state index >= 15 is 0 Å². The molecule has 192 valence electrons. The maximum atomic E-state index is 13.8. The molecule has 0 bridgehead atoms. The van der Waals surface area contributed by atoms with E-state index in [1.54, 1.807) is 6.92 Å². The Morgan fingerprint density at radius 3 is 2.32 bits per heavy atom. The fourth-order valence-electron chi connectivity index (χ4n) is 4.52. The van der Waals surface area contributed by atoms with E-state index in [0.717, 1.165) is 38.8 Å². The Hall–Kier alpha value is -3.74. The van der Waals surface area contributed by atoms with Gasteiger partial charge >= 0.3 is 5.97 Å². The number of rotatable bonds is 8. The third-order valence-electron chi connectivity index (χ3n) is 6.58. The summed E-state index contributed by atoms with van der Waals surface area (Å²) in [5.74, 6) is -0.650. The van der Waals surface area contributed by atoms with Crippen LogP contribution in [-0.2, 0) is 17.6 Å². The van der Waals surface area contributed by atoms with Crippen molar-refractivity contribution in [2.24, 2.45) is 0 Å². The number of thiophene rings is 2. The van der Waals surface area contributed by atoms with E-state index in [0.29, 0.717) is 21.9 Å². The monoisotopic (exact) mass is 539 g/mol. The molecule has 0 spiro atoms. The highest BCUT2D eigenvalue weighted by atomic mass is 32.1. The molecule has 0 unspecified atom stereocenters. The van der Waals surface area contributed by atoms with Gasteiger partial charge in [-0.3, -0.25) is 4.79 Å². The molecular weight excluding hydrogens is 510 g/mol. The molecule has 0 radical (unpaired) electrons. The number of hydrogen-bond donors (Lipinski definition) is 1. The third kappa shape index (κ3) is 5.28. The Morgan fingerprint density at radius 2 is 1.61 bits per heavy atom.